The molecule has 0 aliphatic rings. The number of amides is 1. The summed E-state index contributed by atoms with van der Waals surface area (Å²) in [5, 5.41) is 12.6. The third-order valence-corrected chi connectivity index (χ3v) is 2.81. The van der Waals surface area contributed by atoms with Crippen molar-refractivity contribution in [1.82, 2.24) is 10.3 Å². The Hall–Kier alpha value is -1.95. The van der Waals surface area contributed by atoms with Gasteiger partial charge in [0.05, 0.1) is 10.2 Å². The lowest BCUT2D eigenvalue weighted by molar-refractivity contribution is -0.135. The minimum atomic E-state index is -1.08. The molecule has 2 heterocycles. The molecule has 5 nitrogen and oxygen atoms in total. The number of carbonyl (C=O) groups excluding carboxylic acids is 1. The van der Waals surface area contributed by atoms with E-state index < -0.39 is 18.4 Å². The Morgan fingerprint density at radius 1 is 1.38 bits per heavy atom. The molecule has 1 amide bonds. The van der Waals surface area contributed by atoms with Crippen LogP contribution in [0.2, 0.25) is 0 Å². The highest BCUT2D eigenvalue weighted by Crippen LogP contribution is 2.18. The van der Waals surface area contributed by atoms with Crippen molar-refractivity contribution in [3.05, 3.63) is 29.3 Å². The van der Waals surface area contributed by atoms with E-state index in [0.717, 1.165) is 10.2 Å². The smallest absolute Gasteiger partial charge is 0.322 e. The van der Waals surface area contributed by atoms with E-state index in [1.54, 1.807) is 12.1 Å². The highest BCUT2D eigenvalue weighted by atomic mass is 32.1. The lowest BCUT2D eigenvalue weighted by atomic mass is 10.3. The number of rotatable bonds is 3. The maximum atomic E-state index is 11.5. The number of pyridine rings is 1. The molecule has 2 aromatic heterocycles. The predicted octanol–water partition coefficient (Wildman–Crippen LogP) is 1.11. The molecule has 0 unspecified atom stereocenters. The molecule has 0 saturated carbocycles. The number of aliphatic carboxylic acids is 1. The quantitative estimate of drug-likeness (QED) is 0.836. The maximum absolute atomic E-state index is 11.5. The van der Waals surface area contributed by atoms with E-state index in [-0.39, 0.29) is 5.69 Å². The van der Waals surface area contributed by atoms with E-state index in [1.807, 2.05) is 11.4 Å². The fraction of sp³-hybridized carbons (Fsp3) is 0.100. The molecule has 16 heavy (non-hydrogen) atoms. The molecule has 0 saturated heterocycles. The highest BCUT2D eigenvalue weighted by Gasteiger charge is 2.09. The summed E-state index contributed by atoms with van der Waals surface area (Å²) in [5.74, 6) is -1.56. The third-order valence-electron chi connectivity index (χ3n) is 1.94. The zero-order valence-electron chi connectivity index (χ0n) is 8.14. The van der Waals surface area contributed by atoms with Crippen molar-refractivity contribution < 1.29 is 14.7 Å². The van der Waals surface area contributed by atoms with Crippen molar-refractivity contribution in [2.24, 2.45) is 0 Å². The minimum Gasteiger partial charge on any atom is -0.480 e. The molecule has 0 aliphatic carbocycles. The highest BCUT2D eigenvalue weighted by molar-refractivity contribution is 7.17. The standard InChI is InChI=1S/C10H8N2O3S/c13-9(14)5-11-10(15)7-1-2-8-6(12-7)3-4-16-8/h1-4H,5H2,(H,11,15)(H,13,14). The van der Waals surface area contributed by atoms with Crippen LogP contribution in [0.1, 0.15) is 10.5 Å². The fourth-order valence-electron chi connectivity index (χ4n) is 1.23. The first-order chi connectivity index (χ1) is 7.66. The SMILES string of the molecule is O=C(O)CNC(=O)c1ccc2sccc2n1. The second kappa shape index (κ2) is 4.28. The number of carboxylic acids is 1. The van der Waals surface area contributed by atoms with Gasteiger partial charge in [-0.25, -0.2) is 4.98 Å². The molecular weight excluding hydrogens is 228 g/mol. The summed E-state index contributed by atoms with van der Waals surface area (Å²) < 4.78 is 0.995. The van der Waals surface area contributed by atoms with E-state index in [9.17, 15) is 9.59 Å². The van der Waals surface area contributed by atoms with Gasteiger partial charge in [-0.3, -0.25) is 9.59 Å². The van der Waals surface area contributed by atoms with Gasteiger partial charge < -0.3 is 10.4 Å². The summed E-state index contributed by atoms with van der Waals surface area (Å²) in [6.45, 7) is -0.401. The van der Waals surface area contributed by atoms with Crippen LogP contribution in [0.3, 0.4) is 0 Å². The van der Waals surface area contributed by atoms with E-state index in [4.69, 9.17) is 5.11 Å². The third kappa shape index (κ3) is 2.17. The largest absolute Gasteiger partial charge is 0.480 e. The Morgan fingerprint density at radius 3 is 2.94 bits per heavy atom. The van der Waals surface area contributed by atoms with Gasteiger partial charge in [0.2, 0.25) is 0 Å². The number of aromatic nitrogens is 1. The lowest BCUT2D eigenvalue weighted by Gasteiger charge is -2.01. The Morgan fingerprint density at radius 2 is 2.19 bits per heavy atom. The summed E-state index contributed by atoms with van der Waals surface area (Å²) in [5.41, 5.74) is 0.972. The average Bonchev–Trinajstić information content (AvgIpc) is 2.72. The number of carbonyl (C=O) groups is 2. The van der Waals surface area contributed by atoms with Crippen molar-refractivity contribution >= 4 is 33.4 Å². The Bertz CT molecular complexity index is 550. The van der Waals surface area contributed by atoms with Gasteiger partial charge in [0.1, 0.15) is 12.2 Å². The fourth-order valence-corrected chi connectivity index (χ4v) is 1.95. The van der Waals surface area contributed by atoms with Gasteiger partial charge in [-0.2, -0.15) is 0 Å². The van der Waals surface area contributed by atoms with Crippen LogP contribution in [0.25, 0.3) is 10.2 Å². The topological polar surface area (TPSA) is 79.3 Å². The van der Waals surface area contributed by atoms with Crippen LogP contribution in [0.4, 0.5) is 0 Å². The summed E-state index contributed by atoms with van der Waals surface area (Å²) in [6, 6.07) is 5.19. The van der Waals surface area contributed by atoms with Crippen molar-refractivity contribution in [1.29, 1.82) is 0 Å². The zero-order valence-corrected chi connectivity index (χ0v) is 8.95. The van der Waals surface area contributed by atoms with E-state index >= 15 is 0 Å². The molecule has 2 N–H and O–H groups in total. The Balaban J connectivity index is 2.19. The molecule has 0 fully saturated rings. The molecule has 2 aromatic rings. The first kappa shape index (κ1) is 10.6. The van der Waals surface area contributed by atoms with Crippen molar-refractivity contribution in [2.45, 2.75) is 0 Å². The van der Waals surface area contributed by atoms with Crippen LogP contribution in [0.15, 0.2) is 23.6 Å². The molecule has 0 atom stereocenters. The zero-order chi connectivity index (χ0) is 11.5. The molecule has 82 valence electrons. The van der Waals surface area contributed by atoms with Crippen LogP contribution in [0, 0.1) is 0 Å². The predicted molar refractivity (Wildman–Crippen MR) is 59.6 cm³/mol. The summed E-state index contributed by atoms with van der Waals surface area (Å²) >= 11 is 1.54. The van der Waals surface area contributed by atoms with Crippen LogP contribution in [-0.2, 0) is 4.79 Å². The first-order valence-corrected chi connectivity index (χ1v) is 5.39. The molecule has 6 heteroatoms. The van der Waals surface area contributed by atoms with Gasteiger partial charge in [-0.15, -0.1) is 11.3 Å². The van der Waals surface area contributed by atoms with Crippen molar-refractivity contribution in [2.75, 3.05) is 6.54 Å². The molecule has 0 bridgehead atoms. The van der Waals surface area contributed by atoms with Crippen molar-refractivity contribution in [3.8, 4) is 0 Å². The van der Waals surface area contributed by atoms with Crippen LogP contribution >= 0.6 is 11.3 Å². The van der Waals surface area contributed by atoms with E-state index in [0.29, 0.717) is 0 Å². The minimum absolute atomic E-state index is 0.229. The number of nitrogens with one attached hydrogen (secondary N) is 1. The average molecular weight is 236 g/mol. The van der Waals surface area contributed by atoms with Crippen LogP contribution < -0.4 is 5.32 Å². The summed E-state index contributed by atoms with van der Waals surface area (Å²) in [7, 11) is 0. The molecular formula is C10H8N2O3S. The molecule has 0 radical (unpaired) electrons. The Kier molecular flexibility index (Phi) is 2.82. The van der Waals surface area contributed by atoms with Gasteiger partial charge in [-0.1, -0.05) is 0 Å². The van der Waals surface area contributed by atoms with Gasteiger partial charge >= 0.3 is 5.97 Å². The van der Waals surface area contributed by atoms with Gasteiger partial charge in [0, 0.05) is 0 Å². The summed E-state index contributed by atoms with van der Waals surface area (Å²) in [6.07, 6.45) is 0. The van der Waals surface area contributed by atoms with E-state index in [1.165, 1.54) is 11.3 Å². The van der Waals surface area contributed by atoms with Gasteiger partial charge in [0.25, 0.3) is 5.91 Å². The number of thiophene rings is 1. The Labute approximate surface area is 94.7 Å². The van der Waals surface area contributed by atoms with Gasteiger partial charge in [-0.05, 0) is 23.6 Å². The number of hydrogen-bond acceptors (Lipinski definition) is 4. The maximum Gasteiger partial charge on any atom is 0.322 e. The van der Waals surface area contributed by atoms with E-state index in [2.05, 4.69) is 10.3 Å². The molecule has 0 aliphatic heterocycles. The van der Waals surface area contributed by atoms with Crippen LogP contribution in [-0.4, -0.2) is 28.5 Å². The number of nitrogens with zero attached hydrogens (tertiary/aromatic N) is 1. The molecule has 0 spiro atoms. The number of carboxylic acid groups (broad SMARTS) is 1. The monoisotopic (exact) mass is 236 g/mol. The normalized spacial score (nSPS) is 10.2. The lowest BCUT2D eigenvalue weighted by Crippen LogP contribution is -2.29. The molecule has 2 rings (SSSR count). The van der Waals surface area contributed by atoms with Crippen LogP contribution in [0.5, 0.6) is 0 Å². The number of fused-ring (bicyclic) bond motifs is 1. The second-order valence-corrected chi connectivity index (χ2v) is 4.02. The second-order valence-electron chi connectivity index (χ2n) is 3.08. The first-order valence-electron chi connectivity index (χ1n) is 4.51. The number of hydrogen-bond donors (Lipinski definition) is 2. The van der Waals surface area contributed by atoms with Gasteiger partial charge in [0.15, 0.2) is 0 Å². The molecule has 0 aromatic carbocycles. The van der Waals surface area contributed by atoms with Crippen molar-refractivity contribution in [3.63, 3.8) is 0 Å². The summed E-state index contributed by atoms with van der Waals surface area (Å²) in [4.78, 5) is 25.9.